The molecule has 0 aliphatic heterocycles. The van der Waals surface area contributed by atoms with Gasteiger partial charge in [0, 0.05) is 23.5 Å². The largest absolute Gasteiger partial charge is 0.337 e. The van der Waals surface area contributed by atoms with Gasteiger partial charge in [-0.1, -0.05) is 19.1 Å². The van der Waals surface area contributed by atoms with E-state index < -0.39 is 0 Å². The van der Waals surface area contributed by atoms with Crippen molar-refractivity contribution in [2.45, 2.75) is 25.1 Å². The van der Waals surface area contributed by atoms with Crippen molar-refractivity contribution in [1.82, 2.24) is 10.6 Å². The lowest BCUT2D eigenvalue weighted by atomic mass is 10.1. The molecule has 0 saturated carbocycles. The standard InChI is InChI=1S/C14H23N3OS/c1-10(19-4)9-16-14(18)17-13-7-5-6-12(8-13)11(2)15-3/h5-8,10-11,15H,9H2,1-4H3,(H2,16,17,18). The van der Waals surface area contributed by atoms with Gasteiger partial charge in [-0.3, -0.25) is 0 Å². The summed E-state index contributed by atoms with van der Waals surface area (Å²) >= 11 is 1.73. The molecule has 0 heterocycles. The molecule has 0 aliphatic rings. The number of urea groups is 1. The van der Waals surface area contributed by atoms with Crippen LogP contribution in [-0.2, 0) is 0 Å². The van der Waals surface area contributed by atoms with Crippen LogP contribution in [-0.4, -0.2) is 31.1 Å². The van der Waals surface area contributed by atoms with Gasteiger partial charge in [0.15, 0.2) is 0 Å². The maximum absolute atomic E-state index is 11.7. The molecule has 0 spiro atoms. The summed E-state index contributed by atoms with van der Waals surface area (Å²) in [7, 11) is 1.92. The van der Waals surface area contributed by atoms with Crippen molar-refractivity contribution in [3.63, 3.8) is 0 Å². The zero-order valence-corrected chi connectivity index (χ0v) is 12.8. The minimum Gasteiger partial charge on any atom is -0.337 e. The molecule has 2 amide bonds. The maximum Gasteiger partial charge on any atom is 0.319 e. The van der Waals surface area contributed by atoms with E-state index in [1.54, 1.807) is 11.8 Å². The highest BCUT2D eigenvalue weighted by Crippen LogP contribution is 2.16. The van der Waals surface area contributed by atoms with Crippen molar-refractivity contribution >= 4 is 23.5 Å². The molecular formula is C14H23N3OS. The van der Waals surface area contributed by atoms with Crippen LogP contribution in [0.4, 0.5) is 10.5 Å². The van der Waals surface area contributed by atoms with Crippen LogP contribution in [0.15, 0.2) is 24.3 Å². The van der Waals surface area contributed by atoms with Gasteiger partial charge in [0.05, 0.1) is 0 Å². The molecule has 5 heteroatoms. The Hall–Kier alpha value is -1.20. The molecule has 0 bridgehead atoms. The van der Waals surface area contributed by atoms with E-state index in [0.717, 1.165) is 11.3 Å². The fraction of sp³-hybridized carbons (Fsp3) is 0.500. The molecule has 3 N–H and O–H groups in total. The summed E-state index contributed by atoms with van der Waals surface area (Å²) in [6, 6.07) is 7.97. The van der Waals surface area contributed by atoms with Gasteiger partial charge < -0.3 is 16.0 Å². The molecule has 2 unspecified atom stereocenters. The first-order chi connectivity index (χ1) is 9.06. The van der Waals surface area contributed by atoms with Crippen molar-refractivity contribution in [1.29, 1.82) is 0 Å². The van der Waals surface area contributed by atoms with Crippen LogP contribution in [0.25, 0.3) is 0 Å². The normalized spacial score (nSPS) is 13.7. The Kier molecular flexibility index (Phi) is 6.73. The van der Waals surface area contributed by atoms with Gasteiger partial charge in [-0.25, -0.2) is 4.79 Å². The number of nitrogens with one attached hydrogen (secondary N) is 3. The van der Waals surface area contributed by atoms with E-state index >= 15 is 0 Å². The Bertz CT molecular complexity index is 411. The second-order valence-electron chi connectivity index (χ2n) is 4.52. The molecule has 1 aromatic carbocycles. The number of carbonyl (C=O) groups excluding carboxylic acids is 1. The number of thioether (sulfide) groups is 1. The Morgan fingerprint density at radius 2 is 2.11 bits per heavy atom. The fourth-order valence-corrected chi connectivity index (χ4v) is 1.80. The van der Waals surface area contributed by atoms with Gasteiger partial charge in [0.25, 0.3) is 0 Å². The molecule has 1 rings (SSSR count). The first-order valence-corrected chi connectivity index (χ1v) is 7.70. The highest BCUT2D eigenvalue weighted by molar-refractivity contribution is 7.99. The van der Waals surface area contributed by atoms with Crippen molar-refractivity contribution in [3.05, 3.63) is 29.8 Å². The minimum absolute atomic E-state index is 0.157. The third kappa shape index (κ3) is 5.53. The van der Waals surface area contributed by atoms with Gasteiger partial charge in [-0.15, -0.1) is 0 Å². The number of anilines is 1. The summed E-state index contributed by atoms with van der Waals surface area (Å²) in [5, 5.41) is 9.31. The van der Waals surface area contributed by atoms with Crippen LogP contribution in [0.5, 0.6) is 0 Å². The van der Waals surface area contributed by atoms with Gasteiger partial charge in [-0.05, 0) is 37.9 Å². The van der Waals surface area contributed by atoms with E-state index in [2.05, 4.69) is 29.8 Å². The molecule has 0 aliphatic carbocycles. The average molecular weight is 281 g/mol. The van der Waals surface area contributed by atoms with Crippen LogP contribution < -0.4 is 16.0 Å². The van der Waals surface area contributed by atoms with Crippen LogP contribution in [0.3, 0.4) is 0 Å². The number of amides is 2. The van der Waals surface area contributed by atoms with Crippen molar-refractivity contribution in [2.24, 2.45) is 0 Å². The summed E-state index contributed by atoms with van der Waals surface area (Å²) in [6.07, 6.45) is 2.03. The second-order valence-corrected chi connectivity index (χ2v) is 5.79. The molecule has 19 heavy (non-hydrogen) atoms. The van der Waals surface area contributed by atoms with E-state index in [-0.39, 0.29) is 12.1 Å². The van der Waals surface area contributed by atoms with E-state index in [1.807, 2.05) is 37.6 Å². The molecule has 4 nitrogen and oxygen atoms in total. The van der Waals surface area contributed by atoms with Crippen LogP contribution in [0, 0.1) is 0 Å². The zero-order chi connectivity index (χ0) is 14.3. The monoisotopic (exact) mass is 281 g/mol. The summed E-state index contributed by atoms with van der Waals surface area (Å²) in [4.78, 5) is 11.7. The second kappa shape index (κ2) is 8.07. The van der Waals surface area contributed by atoms with Crippen molar-refractivity contribution < 1.29 is 4.79 Å². The first kappa shape index (κ1) is 15.9. The van der Waals surface area contributed by atoms with Crippen LogP contribution in [0.1, 0.15) is 25.5 Å². The first-order valence-electron chi connectivity index (χ1n) is 6.41. The summed E-state index contributed by atoms with van der Waals surface area (Å²) in [6.45, 7) is 4.83. The summed E-state index contributed by atoms with van der Waals surface area (Å²) < 4.78 is 0. The lowest BCUT2D eigenvalue weighted by Crippen LogP contribution is -2.33. The molecule has 106 valence electrons. The number of carbonyl (C=O) groups is 1. The Morgan fingerprint density at radius 3 is 2.74 bits per heavy atom. The van der Waals surface area contributed by atoms with Crippen molar-refractivity contribution in [2.75, 3.05) is 25.2 Å². The van der Waals surface area contributed by atoms with E-state index in [4.69, 9.17) is 0 Å². The molecule has 2 atom stereocenters. The number of hydrogen-bond donors (Lipinski definition) is 3. The molecule has 0 fully saturated rings. The summed E-state index contributed by atoms with van der Waals surface area (Å²) in [5.74, 6) is 0. The van der Waals surface area contributed by atoms with Crippen LogP contribution >= 0.6 is 11.8 Å². The van der Waals surface area contributed by atoms with Gasteiger partial charge in [0.1, 0.15) is 0 Å². The van der Waals surface area contributed by atoms with Crippen LogP contribution in [0.2, 0.25) is 0 Å². The number of hydrogen-bond acceptors (Lipinski definition) is 3. The highest BCUT2D eigenvalue weighted by Gasteiger charge is 2.06. The number of benzene rings is 1. The minimum atomic E-state index is -0.157. The average Bonchev–Trinajstić information content (AvgIpc) is 2.44. The Morgan fingerprint density at radius 1 is 1.37 bits per heavy atom. The van der Waals surface area contributed by atoms with Gasteiger partial charge >= 0.3 is 6.03 Å². The summed E-state index contributed by atoms with van der Waals surface area (Å²) in [5.41, 5.74) is 1.96. The van der Waals surface area contributed by atoms with E-state index in [9.17, 15) is 4.79 Å². The Labute approximate surface area is 119 Å². The predicted molar refractivity (Wildman–Crippen MR) is 83.9 cm³/mol. The van der Waals surface area contributed by atoms with Gasteiger partial charge in [-0.2, -0.15) is 11.8 Å². The highest BCUT2D eigenvalue weighted by atomic mass is 32.2. The van der Waals surface area contributed by atoms with Crippen molar-refractivity contribution in [3.8, 4) is 0 Å². The topological polar surface area (TPSA) is 53.2 Å². The molecule has 1 aromatic rings. The molecule has 0 saturated heterocycles. The van der Waals surface area contributed by atoms with E-state index in [1.165, 1.54) is 0 Å². The van der Waals surface area contributed by atoms with E-state index in [0.29, 0.717) is 11.8 Å². The quantitative estimate of drug-likeness (QED) is 0.751. The SMILES string of the molecule is CNC(C)c1cccc(NC(=O)NCC(C)SC)c1. The lowest BCUT2D eigenvalue weighted by Gasteiger charge is -2.14. The smallest absolute Gasteiger partial charge is 0.319 e. The maximum atomic E-state index is 11.7. The third-order valence-electron chi connectivity index (χ3n) is 3.03. The third-order valence-corrected chi connectivity index (χ3v) is 4.00. The molecule has 0 aromatic heterocycles. The Balaban J connectivity index is 2.54. The van der Waals surface area contributed by atoms with Gasteiger partial charge in [0.2, 0.25) is 0 Å². The lowest BCUT2D eigenvalue weighted by molar-refractivity contribution is 0.252. The molecular weight excluding hydrogens is 258 g/mol. The molecule has 0 radical (unpaired) electrons. The fourth-order valence-electron chi connectivity index (χ4n) is 1.55. The predicted octanol–water partition coefficient (Wildman–Crippen LogP) is 2.84. The number of rotatable bonds is 6. The zero-order valence-electron chi connectivity index (χ0n) is 12.0.